The molecule has 1 spiro atoms. The molecule has 0 saturated carbocycles. The normalized spacial score (nSPS) is 31.2. The van der Waals surface area contributed by atoms with E-state index in [1.54, 1.807) is 18.2 Å². The van der Waals surface area contributed by atoms with Gasteiger partial charge in [-0.15, -0.1) is 0 Å². The fraction of sp³-hybridized carbons (Fsp3) is 0.423. The summed E-state index contributed by atoms with van der Waals surface area (Å²) in [5.74, 6) is -0.937. The summed E-state index contributed by atoms with van der Waals surface area (Å²) < 4.78 is 11.3. The first kappa shape index (κ1) is 20.0. The molecule has 4 atom stereocenters. The van der Waals surface area contributed by atoms with Crippen LogP contribution < -0.4 is 19.7 Å². The predicted octanol–water partition coefficient (Wildman–Crippen LogP) is 2.51. The van der Waals surface area contributed by atoms with Crippen LogP contribution in [0.1, 0.15) is 29.5 Å². The lowest BCUT2D eigenvalue weighted by Crippen LogP contribution is -2.54. The number of hydrogen-bond acceptors (Lipinski definition) is 6. The van der Waals surface area contributed by atoms with Gasteiger partial charge in [-0.05, 0) is 56.5 Å². The maximum Gasteiger partial charge on any atom is 0.250 e. The van der Waals surface area contributed by atoms with Gasteiger partial charge in [-0.3, -0.25) is 19.3 Å². The van der Waals surface area contributed by atoms with Crippen molar-refractivity contribution in [3.63, 3.8) is 0 Å². The minimum atomic E-state index is -1.16. The van der Waals surface area contributed by atoms with E-state index in [0.717, 1.165) is 35.2 Å². The highest BCUT2D eigenvalue weighted by Crippen LogP contribution is 2.61. The number of aryl methyl sites for hydroxylation is 1. The van der Waals surface area contributed by atoms with Gasteiger partial charge < -0.3 is 14.8 Å². The zero-order valence-corrected chi connectivity index (χ0v) is 19.1. The van der Waals surface area contributed by atoms with Gasteiger partial charge in [-0.1, -0.05) is 12.1 Å². The van der Waals surface area contributed by atoms with E-state index in [-0.39, 0.29) is 23.8 Å². The van der Waals surface area contributed by atoms with Crippen LogP contribution in [0.25, 0.3) is 0 Å². The molecule has 3 saturated heterocycles. The Labute approximate surface area is 196 Å². The number of hydrogen-bond donors (Lipinski definition) is 1. The number of carbonyl (C=O) groups excluding carboxylic acids is 3. The van der Waals surface area contributed by atoms with Crippen molar-refractivity contribution in [1.29, 1.82) is 0 Å². The Morgan fingerprint density at radius 3 is 2.62 bits per heavy atom. The van der Waals surface area contributed by atoms with Crippen LogP contribution >= 0.6 is 0 Å². The Balaban J connectivity index is 1.39. The fourth-order valence-corrected chi connectivity index (χ4v) is 6.95. The highest BCUT2D eigenvalue weighted by Gasteiger charge is 2.74. The van der Waals surface area contributed by atoms with E-state index in [0.29, 0.717) is 36.9 Å². The first-order valence-electron chi connectivity index (χ1n) is 11.9. The Hall–Kier alpha value is -3.39. The van der Waals surface area contributed by atoms with Crippen molar-refractivity contribution in [3.8, 4) is 11.5 Å². The molecule has 34 heavy (non-hydrogen) atoms. The summed E-state index contributed by atoms with van der Waals surface area (Å²) >= 11 is 0. The maximum absolute atomic E-state index is 14.1. The van der Waals surface area contributed by atoms with Crippen LogP contribution in [0.4, 0.5) is 11.4 Å². The molecule has 7 rings (SSSR count). The van der Waals surface area contributed by atoms with Crippen LogP contribution in [0.2, 0.25) is 0 Å². The molecule has 0 aliphatic carbocycles. The molecule has 8 nitrogen and oxygen atoms in total. The van der Waals surface area contributed by atoms with Crippen LogP contribution in [-0.4, -0.2) is 48.4 Å². The van der Waals surface area contributed by atoms with E-state index in [1.165, 1.54) is 4.90 Å². The summed E-state index contributed by atoms with van der Waals surface area (Å²) in [5, 5.41) is 3.10. The summed E-state index contributed by atoms with van der Waals surface area (Å²) in [7, 11) is 0. The summed E-state index contributed by atoms with van der Waals surface area (Å²) in [6.07, 6.45) is 1.69. The van der Waals surface area contributed by atoms with Crippen molar-refractivity contribution < 1.29 is 23.9 Å². The first-order chi connectivity index (χ1) is 16.4. The Bertz CT molecular complexity index is 1310. The minimum Gasteiger partial charge on any atom is -0.486 e. The second-order valence-electron chi connectivity index (χ2n) is 9.90. The zero-order valence-electron chi connectivity index (χ0n) is 19.1. The summed E-state index contributed by atoms with van der Waals surface area (Å²) in [6.45, 7) is 5.58. The molecule has 0 aromatic heterocycles. The predicted molar refractivity (Wildman–Crippen MR) is 123 cm³/mol. The molecular weight excluding hydrogens is 434 g/mol. The van der Waals surface area contributed by atoms with Crippen LogP contribution in [0.5, 0.6) is 11.5 Å². The molecule has 1 N–H and O–H groups in total. The smallest absolute Gasteiger partial charge is 0.250 e. The van der Waals surface area contributed by atoms with E-state index in [2.05, 4.69) is 10.2 Å². The quantitative estimate of drug-likeness (QED) is 0.660. The maximum atomic E-state index is 14.1. The van der Waals surface area contributed by atoms with Crippen molar-refractivity contribution in [2.24, 2.45) is 11.8 Å². The Kier molecular flexibility index (Phi) is 3.89. The number of rotatable bonds is 1. The second kappa shape index (κ2) is 6.60. The summed E-state index contributed by atoms with van der Waals surface area (Å²) in [4.78, 5) is 45.2. The Morgan fingerprint density at radius 1 is 1.00 bits per heavy atom. The summed E-state index contributed by atoms with van der Waals surface area (Å²) in [6, 6.07) is 8.99. The number of fused-ring (bicyclic) bond motifs is 8. The molecule has 0 unspecified atom stereocenters. The average molecular weight is 460 g/mol. The number of ether oxygens (including phenoxy) is 2. The number of benzene rings is 2. The number of carbonyl (C=O) groups is 3. The van der Waals surface area contributed by atoms with Crippen molar-refractivity contribution in [3.05, 3.63) is 47.0 Å². The van der Waals surface area contributed by atoms with E-state index < -0.39 is 17.4 Å². The largest absolute Gasteiger partial charge is 0.486 e. The topological polar surface area (TPSA) is 88.2 Å². The van der Waals surface area contributed by atoms with Crippen molar-refractivity contribution in [2.45, 2.75) is 38.3 Å². The number of anilines is 2. The van der Waals surface area contributed by atoms with Crippen LogP contribution in [0.15, 0.2) is 30.3 Å². The first-order valence-corrected chi connectivity index (χ1v) is 11.9. The van der Waals surface area contributed by atoms with Gasteiger partial charge in [0.05, 0.1) is 17.5 Å². The molecule has 5 heterocycles. The SMILES string of the molecule is Cc1ccc2c(c1C)NC(=O)[C@@]21[C@H]2C(=O)N(c3ccc4c(c3)OCCO4)C(=O)[C@@H]2[C@H]2CCCN21. The lowest BCUT2D eigenvalue weighted by molar-refractivity contribution is -0.135. The summed E-state index contributed by atoms with van der Waals surface area (Å²) in [5.41, 5.74) is 3.00. The van der Waals surface area contributed by atoms with E-state index >= 15 is 0 Å². The molecule has 8 heteroatoms. The third-order valence-corrected chi connectivity index (χ3v) is 8.48. The molecule has 5 aliphatic rings. The fourth-order valence-electron chi connectivity index (χ4n) is 6.95. The zero-order chi connectivity index (χ0) is 23.4. The molecule has 5 aliphatic heterocycles. The number of imide groups is 1. The van der Waals surface area contributed by atoms with Gasteiger partial charge in [0.1, 0.15) is 18.8 Å². The third kappa shape index (κ3) is 2.20. The van der Waals surface area contributed by atoms with Gasteiger partial charge in [-0.2, -0.15) is 0 Å². The molecular formula is C26H25N3O5. The average Bonchev–Trinajstić information content (AvgIpc) is 3.55. The molecule has 3 fully saturated rings. The van der Waals surface area contributed by atoms with Crippen molar-refractivity contribution >= 4 is 29.1 Å². The molecule has 0 radical (unpaired) electrons. The van der Waals surface area contributed by atoms with E-state index in [1.807, 2.05) is 26.0 Å². The molecule has 174 valence electrons. The van der Waals surface area contributed by atoms with Crippen molar-refractivity contribution in [2.75, 3.05) is 30.0 Å². The Morgan fingerprint density at radius 2 is 1.79 bits per heavy atom. The number of amides is 3. The monoisotopic (exact) mass is 459 g/mol. The standard InChI is InChI=1S/C26H25N3O5/c1-13-5-7-16-22(14(13)2)27-25(32)26(16)21-20(17-4-3-9-28(17)26)23(30)29(24(21)31)15-6-8-18-19(12-15)34-11-10-33-18/h5-8,12,17,20-21H,3-4,9-11H2,1-2H3,(H,27,32)/t17-,20-,21-,26+/m1/s1. The van der Waals surface area contributed by atoms with Crippen LogP contribution in [0.3, 0.4) is 0 Å². The van der Waals surface area contributed by atoms with Crippen LogP contribution in [-0.2, 0) is 19.9 Å². The minimum absolute atomic E-state index is 0.137. The number of nitrogens with one attached hydrogen (secondary N) is 1. The highest BCUT2D eigenvalue weighted by molar-refractivity contribution is 6.26. The highest BCUT2D eigenvalue weighted by atomic mass is 16.6. The van der Waals surface area contributed by atoms with Gasteiger partial charge >= 0.3 is 0 Å². The van der Waals surface area contributed by atoms with Gasteiger partial charge in [0.15, 0.2) is 11.5 Å². The van der Waals surface area contributed by atoms with Crippen LogP contribution in [0, 0.1) is 25.7 Å². The second-order valence-corrected chi connectivity index (χ2v) is 9.90. The number of nitrogens with zero attached hydrogens (tertiary/aromatic N) is 2. The molecule has 3 amide bonds. The van der Waals surface area contributed by atoms with Crippen molar-refractivity contribution in [1.82, 2.24) is 4.90 Å². The van der Waals surface area contributed by atoms with E-state index in [9.17, 15) is 14.4 Å². The lowest BCUT2D eigenvalue weighted by atomic mass is 9.75. The van der Waals surface area contributed by atoms with Gasteiger partial charge in [0.2, 0.25) is 17.7 Å². The van der Waals surface area contributed by atoms with Gasteiger partial charge in [0, 0.05) is 23.4 Å². The molecule has 2 aromatic rings. The molecule has 0 bridgehead atoms. The lowest BCUT2D eigenvalue weighted by Gasteiger charge is -2.36. The third-order valence-electron chi connectivity index (χ3n) is 8.48. The van der Waals surface area contributed by atoms with Gasteiger partial charge in [-0.25, -0.2) is 4.90 Å². The molecule has 2 aromatic carbocycles. The van der Waals surface area contributed by atoms with E-state index in [4.69, 9.17) is 9.47 Å². The van der Waals surface area contributed by atoms with Gasteiger partial charge in [0.25, 0.3) is 0 Å².